The summed E-state index contributed by atoms with van der Waals surface area (Å²) in [5, 5.41) is 3.02. The van der Waals surface area contributed by atoms with Crippen molar-refractivity contribution in [2.75, 3.05) is 0 Å². The molecule has 2 rings (SSSR count). The smallest absolute Gasteiger partial charge is 0.252 e. The Morgan fingerprint density at radius 2 is 1.75 bits per heavy atom. The van der Waals surface area contributed by atoms with E-state index < -0.39 is 0 Å². The van der Waals surface area contributed by atoms with Crippen LogP contribution >= 0.6 is 31.9 Å². The topological polar surface area (TPSA) is 29.1 Å². The fourth-order valence-corrected chi connectivity index (χ4v) is 2.59. The molecule has 1 N–H and O–H groups in total. The van der Waals surface area contributed by atoms with Crippen LogP contribution < -0.4 is 5.32 Å². The lowest BCUT2D eigenvalue weighted by Gasteiger charge is -2.16. The highest BCUT2D eigenvalue weighted by atomic mass is 79.9. The summed E-state index contributed by atoms with van der Waals surface area (Å²) >= 11 is 6.86. The Balaban J connectivity index is 2.15. The van der Waals surface area contributed by atoms with Crippen LogP contribution in [-0.2, 0) is 0 Å². The van der Waals surface area contributed by atoms with Gasteiger partial charge in [-0.2, -0.15) is 0 Å². The fourth-order valence-electron chi connectivity index (χ4n) is 1.96. The second-order valence-corrected chi connectivity index (χ2v) is 6.43. The average molecular weight is 397 g/mol. The zero-order valence-electron chi connectivity index (χ0n) is 11.3. The molecule has 0 saturated heterocycles. The van der Waals surface area contributed by atoms with Crippen molar-refractivity contribution in [1.29, 1.82) is 0 Å². The van der Waals surface area contributed by atoms with E-state index in [1.165, 1.54) is 0 Å². The van der Waals surface area contributed by atoms with Crippen LogP contribution in [0.2, 0.25) is 0 Å². The van der Waals surface area contributed by atoms with Gasteiger partial charge in [0.1, 0.15) is 0 Å². The molecule has 1 unspecified atom stereocenters. The molecule has 0 aliphatic carbocycles. The van der Waals surface area contributed by atoms with Crippen LogP contribution in [0.4, 0.5) is 0 Å². The SMILES string of the molecule is Cc1c(Br)cccc1C(=O)NC(C)c1ccc(Br)cc1. The van der Waals surface area contributed by atoms with E-state index in [1.54, 1.807) is 0 Å². The van der Waals surface area contributed by atoms with Gasteiger partial charge in [-0.05, 0) is 49.2 Å². The van der Waals surface area contributed by atoms with Gasteiger partial charge in [0, 0.05) is 14.5 Å². The Morgan fingerprint density at radius 1 is 1.10 bits per heavy atom. The Bertz CT molecular complexity index is 623. The standard InChI is InChI=1S/C16H15Br2NO/c1-10-14(4-3-5-15(10)18)16(20)19-11(2)12-6-8-13(17)9-7-12/h3-9,11H,1-2H3,(H,19,20). The number of halogens is 2. The molecule has 0 saturated carbocycles. The van der Waals surface area contributed by atoms with Gasteiger partial charge in [-0.25, -0.2) is 0 Å². The molecule has 1 atom stereocenters. The molecule has 104 valence electrons. The molecule has 2 nitrogen and oxygen atoms in total. The summed E-state index contributed by atoms with van der Waals surface area (Å²) in [5.74, 6) is -0.0563. The minimum atomic E-state index is -0.0563. The van der Waals surface area contributed by atoms with E-state index in [0.717, 1.165) is 20.1 Å². The summed E-state index contributed by atoms with van der Waals surface area (Å²) in [6.45, 7) is 3.91. The first-order valence-corrected chi connectivity index (χ1v) is 7.89. The number of amides is 1. The van der Waals surface area contributed by atoms with Crippen LogP contribution in [0.25, 0.3) is 0 Å². The summed E-state index contributed by atoms with van der Waals surface area (Å²) in [7, 11) is 0. The third-order valence-corrected chi connectivity index (χ3v) is 4.62. The molecule has 0 fully saturated rings. The van der Waals surface area contributed by atoms with Crippen LogP contribution in [-0.4, -0.2) is 5.91 Å². The predicted octanol–water partition coefficient (Wildman–Crippen LogP) is 5.01. The maximum Gasteiger partial charge on any atom is 0.252 e. The highest BCUT2D eigenvalue weighted by molar-refractivity contribution is 9.10. The minimum absolute atomic E-state index is 0.0334. The molecule has 0 aliphatic heterocycles. The molecule has 0 spiro atoms. The van der Waals surface area contributed by atoms with Gasteiger partial charge in [0.15, 0.2) is 0 Å². The van der Waals surface area contributed by atoms with Crippen molar-refractivity contribution in [1.82, 2.24) is 5.32 Å². The van der Waals surface area contributed by atoms with Gasteiger partial charge in [-0.15, -0.1) is 0 Å². The summed E-state index contributed by atoms with van der Waals surface area (Å²) in [6, 6.07) is 13.6. The molecule has 4 heteroatoms. The monoisotopic (exact) mass is 395 g/mol. The molecular weight excluding hydrogens is 382 g/mol. The lowest BCUT2D eigenvalue weighted by atomic mass is 10.1. The van der Waals surface area contributed by atoms with Crippen molar-refractivity contribution in [3.05, 3.63) is 68.1 Å². The molecule has 0 aromatic heterocycles. The van der Waals surface area contributed by atoms with E-state index in [1.807, 2.05) is 56.3 Å². The lowest BCUT2D eigenvalue weighted by Crippen LogP contribution is -2.27. The van der Waals surface area contributed by atoms with Gasteiger partial charge < -0.3 is 5.32 Å². The van der Waals surface area contributed by atoms with E-state index in [0.29, 0.717) is 5.56 Å². The highest BCUT2D eigenvalue weighted by Crippen LogP contribution is 2.21. The first-order valence-electron chi connectivity index (χ1n) is 6.30. The third kappa shape index (κ3) is 3.49. The lowest BCUT2D eigenvalue weighted by molar-refractivity contribution is 0.0939. The third-order valence-electron chi connectivity index (χ3n) is 3.23. The van der Waals surface area contributed by atoms with Gasteiger partial charge in [-0.1, -0.05) is 50.1 Å². The summed E-state index contributed by atoms with van der Waals surface area (Å²) in [5.41, 5.74) is 2.73. The number of hydrogen-bond donors (Lipinski definition) is 1. The van der Waals surface area contributed by atoms with Crippen LogP contribution in [0, 0.1) is 6.92 Å². The largest absolute Gasteiger partial charge is 0.346 e. The van der Waals surface area contributed by atoms with Gasteiger partial charge in [0.2, 0.25) is 0 Å². The van der Waals surface area contributed by atoms with Gasteiger partial charge in [-0.3, -0.25) is 4.79 Å². The van der Waals surface area contributed by atoms with Gasteiger partial charge >= 0.3 is 0 Å². The van der Waals surface area contributed by atoms with E-state index in [2.05, 4.69) is 37.2 Å². The zero-order valence-corrected chi connectivity index (χ0v) is 14.5. The van der Waals surface area contributed by atoms with E-state index >= 15 is 0 Å². The van der Waals surface area contributed by atoms with Crippen molar-refractivity contribution in [2.45, 2.75) is 19.9 Å². The van der Waals surface area contributed by atoms with Gasteiger partial charge in [0.25, 0.3) is 5.91 Å². The second kappa shape index (κ2) is 6.55. The van der Waals surface area contributed by atoms with Crippen LogP contribution in [0.1, 0.15) is 34.5 Å². The summed E-state index contributed by atoms with van der Waals surface area (Å²) in [4.78, 5) is 12.3. The molecular formula is C16H15Br2NO. The Kier molecular flexibility index (Phi) is 5.00. The van der Waals surface area contributed by atoms with E-state index in [-0.39, 0.29) is 11.9 Å². The van der Waals surface area contributed by atoms with Crippen LogP contribution in [0.15, 0.2) is 51.4 Å². The number of carbonyl (C=O) groups is 1. The highest BCUT2D eigenvalue weighted by Gasteiger charge is 2.14. The number of carbonyl (C=O) groups excluding carboxylic acids is 1. The van der Waals surface area contributed by atoms with Crippen molar-refractivity contribution < 1.29 is 4.79 Å². The Hall–Kier alpha value is -1.13. The molecule has 1 amide bonds. The second-order valence-electron chi connectivity index (χ2n) is 4.66. The fraction of sp³-hybridized carbons (Fsp3) is 0.188. The Morgan fingerprint density at radius 3 is 2.40 bits per heavy atom. The number of hydrogen-bond acceptors (Lipinski definition) is 1. The maximum absolute atomic E-state index is 12.3. The predicted molar refractivity (Wildman–Crippen MR) is 88.9 cm³/mol. The van der Waals surface area contributed by atoms with Crippen LogP contribution in [0.3, 0.4) is 0 Å². The number of benzene rings is 2. The first-order chi connectivity index (χ1) is 9.49. The van der Waals surface area contributed by atoms with Crippen molar-refractivity contribution in [2.24, 2.45) is 0 Å². The molecule has 20 heavy (non-hydrogen) atoms. The normalized spacial score (nSPS) is 12.0. The van der Waals surface area contributed by atoms with Crippen molar-refractivity contribution >= 4 is 37.8 Å². The summed E-state index contributed by atoms with van der Waals surface area (Å²) < 4.78 is 1.98. The molecule has 0 aliphatic rings. The minimum Gasteiger partial charge on any atom is -0.346 e. The van der Waals surface area contributed by atoms with E-state index in [4.69, 9.17) is 0 Å². The molecule has 0 heterocycles. The van der Waals surface area contributed by atoms with Crippen molar-refractivity contribution in [3.63, 3.8) is 0 Å². The summed E-state index contributed by atoms with van der Waals surface area (Å²) in [6.07, 6.45) is 0. The quantitative estimate of drug-likeness (QED) is 0.775. The maximum atomic E-state index is 12.3. The van der Waals surface area contributed by atoms with Crippen molar-refractivity contribution in [3.8, 4) is 0 Å². The number of nitrogens with one attached hydrogen (secondary N) is 1. The average Bonchev–Trinajstić information content (AvgIpc) is 2.42. The first kappa shape index (κ1) is 15.3. The molecule has 0 radical (unpaired) electrons. The Labute approximate surface area is 135 Å². The zero-order chi connectivity index (χ0) is 14.7. The van der Waals surface area contributed by atoms with Gasteiger partial charge in [0.05, 0.1) is 6.04 Å². The van der Waals surface area contributed by atoms with E-state index in [9.17, 15) is 4.79 Å². The molecule has 2 aromatic rings. The molecule has 0 bridgehead atoms. The number of rotatable bonds is 3. The molecule has 2 aromatic carbocycles. The van der Waals surface area contributed by atoms with Crippen LogP contribution in [0.5, 0.6) is 0 Å².